The summed E-state index contributed by atoms with van der Waals surface area (Å²) in [5.41, 5.74) is 0.991. The monoisotopic (exact) mass is 403 g/mol. The molecule has 1 aliphatic heterocycles. The average Bonchev–Trinajstić information content (AvgIpc) is 2.60. The molecule has 1 fully saturated rings. The van der Waals surface area contributed by atoms with Crippen LogP contribution in [0.1, 0.15) is 24.8 Å². The molecule has 1 saturated heterocycles. The van der Waals surface area contributed by atoms with Crippen molar-refractivity contribution in [2.24, 2.45) is 0 Å². The predicted molar refractivity (Wildman–Crippen MR) is 103 cm³/mol. The molecule has 2 amide bonds. The maximum Gasteiger partial charge on any atom is 0.241 e. The van der Waals surface area contributed by atoms with Gasteiger partial charge in [0.1, 0.15) is 0 Å². The van der Waals surface area contributed by atoms with Crippen molar-refractivity contribution >= 4 is 34.1 Å². The molecular weight excluding hydrogens is 378 g/mol. The van der Waals surface area contributed by atoms with Crippen molar-refractivity contribution in [3.63, 3.8) is 0 Å². The second-order valence-electron chi connectivity index (χ2n) is 6.28. The number of piperidine rings is 1. The molecule has 9 heteroatoms. The minimum absolute atomic E-state index is 0. The van der Waals surface area contributed by atoms with Gasteiger partial charge in [-0.1, -0.05) is 30.3 Å². The highest BCUT2D eigenvalue weighted by Crippen LogP contribution is 2.27. The van der Waals surface area contributed by atoms with Gasteiger partial charge in [0.15, 0.2) is 14.6 Å². The quantitative estimate of drug-likeness (QED) is 0.611. The minimum atomic E-state index is -3.54. The molecule has 26 heavy (non-hydrogen) atoms. The van der Waals surface area contributed by atoms with E-state index in [2.05, 4.69) is 16.0 Å². The molecule has 7 nitrogen and oxygen atoms in total. The van der Waals surface area contributed by atoms with Gasteiger partial charge in [-0.15, -0.1) is 12.4 Å². The van der Waals surface area contributed by atoms with Crippen LogP contribution in [-0.2, 0) is 26.0 Å². The summed E-state index contributed by atoms with van der Waals surface area (Å²) in [7, 11) is -3.54. The van der Waals surface area contributed by atoms with E-state index >= 15 is 0 Å². The van der Waals surface area contributed by atoms with Gasteiger partial charge in [0.25, 0.3) is 0 Å². The first-order valence-corrected chi connectivity index (χ1v) is 10.2. The molecule has 0 unspecified atom stereocenters. The SMILES string of the molecule is CS(=O)(=O)C1(C(=O)NCCC(=O)NCc2ccccc2)CCNCC1.Cl. The van der Waals surface area contributed by atoms with Gasteiger partial charge in [-0.25, -0.2) is 8.42 Å². The fourth-order valence-electron chi connectivity index (χ4n) is 2.93. The summed E-state index contributed by atoms with van der Waals surface area (Å²) in [6, 6.07) is 9.51. The van der Waals surface area contributed by atoms with Gasteiger partial charge in [-0.2, -0.15) is 0 Å². The molecule has 0 aliphatic carbocycles. The Hall–Kier alpha value is -1.64. The van der Waals surface area contributed by atoms with E-state index < -0.39 is 20.5 Å². The minimum Gasteiger partial charge on any atom is -0.354 e. The molecule has 1 aliphatic rings. The molecule has 1 aromatic carbocycles. The molecule has 0 spiro atoms. The van der Waals surface area contributed by atoms with Crippen molar-refractivity contribution in [2.75, 3.05) is 25.9 Å². The first-order valence-electron chi connectivity index (χ1n) is 8.34. The van der Waals surface area contributed by atoms with Gasteiger partial charge < -0.3 is 16.0 Å². The van der Waals surface area contributed by atoms with E-state index in [1.807, 2.05) is 30.3 Å². The molecule has 3 N–H and O–H groups in total. The highest BCUT2D eigenvalue weighted by Gasteiger charge is 2.48. The normalized spacial score (nSPS) is 16.2. The third kappa shape index (κ3) is 5.69. The Bertz CT molecular complexity index is 704. The molecule has 0 radical (unpaired) electrons. The Kier molecular flexibility index (Phi) is 8.52. The summed E-state index contributed by atoms with van der Waals surface area (Å²) >= 11 is 0. The summed E-state index contributed by atoms with van der Waals surface area (Å²) in [6.07, 6.45) is 1.71. The Labute approximate surface area is 160 Å². The number of hydrogen-bond acceptors (Lipinski definition) is 5. The highest BCUT2D eigenvalue weighted by molar-refractivity contribution is 7.92. The molecule has 0 saturated carbocycles. The molecule has 0 aromatic heterocycles. The van der Waals surface area contributed by atoms with E-state index in [-0.39, 0.29) is 44.1 Å². The summed E-state index contributed by atoms with van der Waals surface area (Å²) in [4.78, 5) is 24.3. The van der Waals surface area contributed by atoms with E-state index in [4.69, 9.17) is 0 Å². The van der Waals surface area contributed by atoms with E-state index in [0.717, 1.165) is 11.8 Å². The third-order valence-corrected chi connectivity index (χ3v) is 6.52. The summed E-state index contributed by atoms with van der Waals surface area (Å²) in [5, 5.41) is 8.46. The first kappa shape index (κ1) is 22.4. The number of sulfone groups is 1. The van der Waals surface area contributed by atoms with Crippen LogP contribution in [0.3, 0.4) is 0 Å². The van der Waals surface area contributed by atoms with Crippen molar-refractivity contribution in [2.45, 2.75) is 30.6 Å². The second-order valence-corrected chi connectivity index (χ2v) is 8.61. The molecular formula is C17H26ClN3O4S. The van der Waals surface area contributed by atoms with Crippen LogP contribution in [0, 0.1) is 0 Å². The zero-order chi connectivity index (χ0) is 18.3. The van der Waals surface area contributed by atoms with Crippen molar-refractivity contribution in [1.29, 1.82) is 0 Å². The van der Waals surface area contributed by atoms with Crippen LogP contribution in [0.2, 0.25) is 0 Å². The van der Waals surface area contributed by atoms with E-state index in [0.29, 0.717) is 19.6 Å². The van der Waals surface area contributed by atoms with Crippen molar-refractivity contribution < 1.29 is 18.0 Å². The number of carbonyl (C=O) groups is 2. The van der Waals surface area contributed by atoms with E-state index in [1.54, 1.807) is 0 Å². The number of halogens is 1. The van der Waals surface area contributed by atoms with Crippen LogP contribution in [0.25, 0.3) is 0 Å². The van der Waals surface area contributed by atoms with Gasteiger partial charge in [0.05, 0.1) is 0 Å². The van der Waals surface area contributed by atoms with Crippen LogP contribution in [0.4, 0.5) is 0 Å². The fraction of sp³-hybridized carbons (Fsp3) is 0.529. The molecule has 0 atom stereocenters. The molecule has 2 rings (SSSR count). The van der Waals surface area contributed by atoms with Crippen LogP contribution < -0.4 is 16.0 Å². The van der Waals surface area contributed by atoms with Gasteiger partial charge in [0.2, 0.25) is 11.8 Å². The maximum atomic E-state index is 12.5. The van der Waals surface area contributed by atoms with Crippen molar-refractivity contribution in [1.82, 2.24) is 16.0 Å². The number of rotatable bonds is 7. The zero-order valence-corrected chi connectivity index (χ0v) is 16.4. The van der Waals surface area contributed by atoms with Crippen LogP contribution >= 0.6 is 12.4 Å². The number of nitrogens with one attached hydrogen (secondary N) is 3. The first-order chi connectivity index (χ1) is 11.8. The molecule has 146 valence electrons. The smallest absolute Gasteiger partial charge is 0.241 e. The lowest BCUT2D eigenvalue weighted by Gasteiger charge is -2.34. The molecule has 0 bridgehead atoms. The summed E-state index contributed by atoms with van der Waals surface area (Å²) in [5.74, 6) is -0.699. The second kappa shape index (κ2) is 9.89. The van der Waals surface area contributed by atoms with Gasteiger partial charge >= 0.3 is 0 Å². The Morgan fingerprint density at radius 3 is 2.31 bits per heavy atom. The van der Waals surface area contributed by atoms with Gasteiger partial charge in [-0.05, 0) is 31.5 Å². The van der Waals surface area contributed by atoms with Crippen molar-refractivity contribution in [3.05, 3.63) is 35.9 Å². The number of amides is 2. The largest absolute Gasteiger partial charge is 0.354 e. The Morgan fingerprint density at radius 2 is 1.73 bits per heavy atom. The maximum absolute atomic E-state index is 12.5. The average molecular weight is 404 g/mol. The third-order valence-electron chi connectivity index (χ3n) is 4.50. The van der Waals surface area contributed by atoms with Crippen molar-refractivity contribution in [3.8, 4) is 0 Å². The molecule has 1 aromatic rings. The van der Waals surface area contributed by atoms with Crippen LogP contribution in [-0.4, -0.2) is 50.9 Å². The Morgan fingerprint density at radius 1 is 1.12 bits per heavy atom. The standard InChI is InChI=1S/C17H25N3O4S.ClH/c1-25(23,24)17(8-11-18-12-9-17)16(22)19-10-7-15(21)20-13-14-5-3-2-4-6-14;/h2-6,18H,7-13H2,1H3,(H,19,22)(H,20,21);1H. The van der Waals surface area contributed by atoms with Crippen LogP contribution in [0.15, 0.2) is 30.3 Å². The Balaban J connectivity index is 0.00000338. The number of carbonyl (C=O) groups excluding carboxylic acids is 2. The van der Waals surface area contributed by atoms with Gasteiger partial charge in [0, 0.05) is 25.8 Å². The number of hydrogen-bond donors (Lipinski definition) is 3. The lowest BCUT2D eigenvalue weighted by atomic mass is 9.96. The number of benzene rings is 1. The summed E-state index contributed by atoms with van der Waals surface area (Å²) in [6.45, 7) is 1.51. The lowest BCUT2D eigenvalue weighted by Crippen LogP contribution is -2.57. The topological polar surface area (TPSA) is 104 Å². The van der Waals surface area contributed by atoms with E-state index in [9.17, 15) is 18.0 Å². The zero-order valence-electron chi connectivity index (χ0n) is 14.8. The van der Waals surface area contributed by atoms with E-state index in [1.165, 1.54) is 0 Å². The predicted octanol–water partition coefficient (Wildman–Crippen LogP) is 0.398. The fourth-order valence-corrected chi connectivity index (χ4v) is 4.29. The van der Waals surface area contributed by atoms with Gasteiger partial charge in [-0.3, -0.25) is 9.59 Å². The highest BCUT2D eigenvalue weighted by atomic mass is 35.5. The summed E-state index contributed by atoms with van der Waals surface area (Å²) < 4.78 is 22.9. The van der Waals surface area contributed by atoms with Crippen LogP contribution in [0.5, 0.6) is 0 Å². The lowest BCUT2D eigenvalue weighted by molar-refractivity contribution is -0.124. The molecule has 1 heterocycles.